The van der Waals surface area contributed by atoms with Gasteiger partial charge < -0.3 is 15.0 Å². The van der Waals surface area contributed by atoms with Crippen LogP contribution in [0.3, 0.4) is 0 Å². The number of para-hydroxylation sites is 1. The van der Waals surface area contributed by atoms with Gasteiger partial charge in [-0.15, -0.1) is 0 Å². The van der Waals surface area contributed by atoms with Crippen molar-refractivity contribution < 1.29 is 9.53 Å². The molecule has 6 nitrogen and oxygen atoms in total. The van der Waals surface area contributed by atoms with Gasteiger partial charge in [0.05, 0.1) is 30.5 Å². The number of fused-ring (bicyclic) bond motifs is 1. The molecule has 2 aromatic carbocycles. The molecule has 1 aliphatic heterocycles. The molecule has 1 atom stereocenters. The molecule has 4 rings (SSSR count). The Morgan fingerprint density at radius 3 is 2.89 bits per heavy atom. The van der Waals surface area contributed by atoms with E-state index >= 15 is 0 Å². The fourth-order valence-corrected chi connectivity index (χ4v) is 3.80. The molecule has 1 aromatic heterocycles. The lowest BCUT2D eigenvalue weighted by Crippen LogP contribution is -2.37. The van der Waals surface area contributed by atoms with Crippen molar-refractivity contribution in [1.82, 2.24) is 20.2 Å². The first-order valence-corrected chi connectivity index (χ1v) is 9.34. The van der Waals surface area contributed by atoms with Crippen molar-refractivity contribution in [3.05, 3.63) is 59.9 Å². The summed E-state index contributed by atoms with van der Waals surface area (Å²) < 4.78 is 5.57. The van der Waals surface area contributed by atoms with Crippen LogP contribution in [-0.2, 0) is 0 Å². The second-order valence-electron chi connectivity index (χ2n) is 6.85. The van der Waals surface area contributed by atoms with Crippen LogP contribution in [0.5, 0.6) is 5.75 Å². The zero-order valence-electron chi connectivity index (χ0n) is 15.4. The van der Waals surface area contributed by atoms with Crippen LogP contribution in [0.25, 0.3) is 11.0 Å². The van der Waals surface area contributed by atoms with Crippen LogP contribution in [0.15, 0.2) is 48.8 Å². The minimum atomic E-state index is -0.0782. The van der Waals surface area contributed by atoms with Crippen LogP contribution in [0.4, 0.5) is 0 Å². The molecule has 2 N–H and O–H groups in total. The number of methoxy groups -OCH3 is 1. The SMILES string of the molecule is COc1ccccc1[C@H](CNC(=O)c1ccc2nc[nH]c2c1)N1CCCC1. The largest absolute Gasteiger partial charge is 0.496 e. The summed E-state index contributed by atoms with van der Waals surface area (Å²) in [7, 11) is 1.69. The fourth-order valence-electron chi connectivity index (χ4n) is 3.80. The van der Waals surface area contributed by atoms with E-state index in [9.17, 15) is 4.79 Å². The number of nitrogens with zero attached hydrogens (tertiary/aromatic N) is 2. The summed E-state index contributed by atoms with van der Waals surface area (Å²) in [5, 5.41) is 3.11. The maximum absolute atomic E-state index is 12.7. The number of likely N-dealkylation sites (tertiary alicyclic amines) is 1. The zero-order valence-corrected chi connectivity index (χ0v) is 15.4. The van der Waals surface area contributed by atoms with E-state index in [-0.39, 0.29) is 11.9 Å². The van der Waals surface area contributed by atoms with E-state index in [1.165, 1.54) is 12.8 Å². The third kappa shape index (κ3) is 3.66. The molecule has 27 heavy (non-hydrogen) atoms. The standard InChI is InChI=1S/C21H24N4O2/c1-27-20-7-3-2-6-16(20)19(25-10-4-5-11-25)13-22-21(26)15-8-9-17-18(12-15)24-14-23-17/h2-3,6-9,12,14,19H,4-5,10-11,13H2,1H3,(H,22,26)(H,23,24)/t19-/m0/s1. The summed E-state index contributed by atoms with van der Waals surface area (Å²) in [5.41, 5.74) is 3.47. The summed E-state index contributed by atoms with van der Waals surface area (Å²) in [4.78, 5) is 22.4. The molecular weight excluding hydrogens is 340 g/mol. The highest BCUT2D eigenvalue weighted by atomic mass is 16.5. The van der Waals surface area contributed by atoms with Gasteiger partial charge in [0.1, 0.15) is 5.75 Å². The van der Waals surface area contributed by atoms with E-state index in [0.717, 1.165) is 35.4 Å². The Hall–Kier alpha value is -2.86. The predicted molar refractivity (Wildman–Crippen MR) is 105 cm³/mol. The number of H-pyrrole nitrogens is 1. The Bertz CT molecular complexity index is 931. The summed E-state index contributed by atoms with van der Waals surface area (Å²) in [5.74, 6) is 0.785. The summed E-state index contributed by atoms with van der Waals surface area (Å²) >= 11 is 0. The van der Waals surface area contributed by atoms with Crippen molar-refractivity contribution >= 4 is 16.9 Å². The first-order chi connectivity index (χ1) is 13.3. The molecule has 1 aliphatic rings. The number of hydrogen-bond donors (Lipinski definition) is 2. The highest BCUT2D eigenvalue weighted by molar-refractivity contribution is 5.97. The summed E-state index contributed by atoms with van der Waals surface area (Å²) in [6, 6.07) is 13.7. The number of aromatic amines is 1. The average molecular weight is 364 g/mol. The quantitative estimate of drug-likeness (QED) is 0.705. The molecule has 0 spiro atoms. The highest BCUT2D eigenvalue weighted by Crippen LogP contribution is 2.31. The second-order valence-corrected chi connectivity index (χ2v) is 6.85. The minimum absolute atomic E-state index is 0.0782. The lowest BCUT2D eigenvalue weighted by molar-refractivity contribution is 0.0937. The Balaban J connectivity index is 1.53. The molecule has 1 amide bonds. The van der Waals surface area contributed by atoms with Gasteiger partial charge >= 0.3 is 0 Å². The number of hydrogen-bond acceptors (Lipinski definition) is 4. The van der Waals surface area contributed by atoms with Gasteiger partial charge in [-0.1, -0.05) is 18.2 Å². The van der Waals surface area contributed by atoms with Crippen LogP contribution in [0.2, 0.25) is 0 Å². The van der Waals surface area contributed by atoms with Crippen molar-refractivity contribution in [2.45, 2.75) is 18.9 Å². The molecular formula is C21H24N4O2. The van der Waals surface area contributed by atoms with Crippen LogP contribution >= 0.6 is 0 Å². The highest BCUT2D eigenvalue weighted by Gasteiger charge is 2.26. The Labute approximate surface area is 158 Å². The molecule has 0 bridgehead atoms. The monoisotopic (exact) mass is 364 g/mol. The fraction of sp³-hybridized carbons (Fsp3) is 0.333. The number of carbonyl (C=O) groups is 1. The number of amides is 1. The molecule has 1 fully saturated rings. The predicted octanol–water partition coefficient (Wildman–Crippen LogP) is 3.14. The third-order valence-electron chi connectivity index (χ3n) is 5.22. The zero-order chi connectivity index (χ0) is 18.6. The van der Waals surface area contributed by atoms with E-state index in [2.05, 4.69) is 26.3 Å². The van der Waals surface area contributed by atoms with E-state index in [4.69, 9.17) is 4.74 Å². The van der Waals surface area contributed by atoms with E-state index < -0.39 is 0 Å². The van der Waals surface area contributed by atoms with Crippen molar-refractivity contribution in [1.29, 1.82) is 0 Å². The smallest absolute Gasteiger partial charge is 0.251 e. The van der Waals surface area contributed by atoms with Gasteiger partial charge in [0.25, 0.3) is 5.91 Å². The van der Waals surface area contributed by atoms with Crippen LogP contribution in [0.1, 0.15) is 34.8 Å². The lowest BCUT2D eigenvalue weighted by atomic mass is 10.0. The first-order valence-electron chi connectivity index (χ1n) is 9.34. The Morgan fingerprint density at radius 1 is 1.26 bits per heavy atom. The molecule has 3 aromatic rings. The number of benzene rings is 2. The van der Waals surface area contributed by atoms with E-state index in [0.29, 0.717) is 12.1 Å². The van der Waals surface area contributed by atoms with E-state index in [1.807, 2.05) is 36.4 Å². The van der Waals surface area contributed by atoms with Gasteiger partial charge in [-0.05, 0) is 50.2 Å². The first kappa shape index (κ1) is 17.5. The van der Waals surface area contributed by atoms with Gasteiger partial charge in [0.2, 0.25) is 0 Å². The van der Waals surface area contributed by atoms with Gasteiger partial charge in [-0.2, -0.15) is 0 Å². The van der Waals surface area contributed by atoms with Crippen molar-refractivity contribution in [3.8, 4) is 5.75 Å². The van der Waals surface area contributed by atoms with Gasteiger partial charge in [-0.3, -0.25) is 9.69 Å². The van der Waals surface area contributed by atoms with Crippen LogP contribution in [0, 0.1) is 0 Å². The summed E-state index contributed by atoms with van der Waals surface area (Å²) in [6.45, 7) is 2.62. The van der Waals surface area contributed by atoms with Crippen molar-refractivity contribution in [2.24, 2.45) is 0 Å². The van der Waals surface area contributed by atoms with Crippen molar-refractivity contribution in [3.63, 3.8) is 0 Å². The number of ether oxygens (including phenoxy) is 1. The third-order valence-corrected chi connectivity index (χ3v) is 5.22. The number of nitrogens with one attached hydrogen (secondary N) is 2. The number of rotatable bonds is 6. The molecule has 0 saturated carbocycles. The van der Waals surface area contributed by atoms with Gasteiger partial charge in [0.15, 0.2) is 0 Å². The van der Waals surface area contributed by atoms with Crippen LogP contribution < -0.4 is 10.1 Å². The average Bonchev–Trinajstić information content (AvgIpc) is 3.39. The second kappa shape index (κ2) is 7.80. The molecule has 2 heterocycles. The topological polar surface area (TPSA) is 70.2 Å². The number of carbonyl (C=O) groups excluding carboxylic acids is 1. The Morgan fingerprint density at radius 2 is 2.07 bits per heavy atom. The number of imidazole rings is 1. The molecule has 0 radical (unpaired) electrons. The molecule has 1 saturated heterocycles. The van der Waals surface area contributed by atoms with Gasteiger partial charge in [-0.25, -0.2) is 4.98 Å². The molecule has 6 heteroatoms. The van der Waals surface area contributed by atoms with Crippen molar-refractivity contribution in [2.75, 3.05) is 26.7 Å². The maximum atomic E-state index is 12.7. The summed E-state index contributed by atoms with van der Waals surface area (Å²) in [6.07, 6.45) is 4.02. The van der Waals surface area contributed by atoms with Crippen LogP contribution in [-0.4, -0.2) is 47.5 Å². The molecule has 0 aliphatic carbocycles. The Kier molecular flexibility index (Phi) is 5.07. The molecule has 0 unspecified atom stereocenters. The lowest BCUT2D eigenvalue weighted by Gasteiger charge is -2.29. The maximum Gasteiger partial charge on any atom is 0.251 e. The minimum Gasteiger partial charge on any atom is -0.496 e. The van der Waals surface area contributed by atoms with Gasteiger partial charge in [0, 0.05) is 17.7 Å². The normalized spacial score (nSPS) is 15.7. The van der Waals surface area contributed by atoms with E-state index in [1.54, 1.807) is 13.4 Å². The molecule has 140 valence electrons. The number of aromatic nitrogens is 2.